The molecule has 0 aliphatic rings. The molecule has 0 spiro atoms. The van der Waals surface area contributed by atoms with Gasteiger partial charge >= 0.3 is 0 Å². The average Bonchev–Trinajstić information content (AvgIpc) is 2.36. The van der Waals surface area contributed by atoms with Gasteiger partial charge < -0.3 is 5.32 Å². The zero-order chi connectivity index (χ0) is 13.0. The zero-order valence-electron chi connectivity index (χ0n) is 9.36. The minimum atomic E-state index is -0.231. The summed E-state index contributed by atoms with van der Waals surface area (Å²) in [5.74, 6) is -0.231. The molecule has 0 aliphatic carbocycles. The molecule has 2 aromatic rings. The third-order valence-corrected chi connectivity index (χ3v) is 2.71. The van der Waals surface area contributed by atoms with Gasteiger partial charge in [-0.05, 0) is 17.7 Å². The minimum absolute atomic E-state index is 0.201. The predicted molar refractivity (Wildman–Crippen MR) is 71.9 cm³/mol. The van der Waals surface area contributed by atoms with E-state index in [9.17, 15) is 4.79 Å². The maximum Gasteiger partial charge on any atom is 0.251 e. The summed E-state index contributed by atoms with van der Waals surface area (Å²) in [6.07, 6.45) is 0. The molecule has 2 rings (SSSR count). The third kappa shape index (κ3) is 3.45. The van der Waals surface area contributed by atoms with E-state index in [-0.39, 0.29) is 16.2 Å². The Morgan fingerprint density at radius 2 is 1.72 bits per heavy atom. The second-order valence-electron chi connectivity index (χ2n) is 3.67. The number of carbonyl (C=O) groups is 1. The van der Waals surface area contributed by atoms with Crippen LogP contribution in [-0.2, 0) is 6.54 Å². The van der Waals surface area contributed by atoms with Crippen molar-refractivity contribution in [2.75, 3.05) is 0 Å². The summed E-state index contributed by atoms with van der Waals surface area (Å²) in [6.45, 7) is 0.456. The van der Waals surface area contributed by atoms with Crippen molar-refractivity contribution in [1.29, 1.82) is 0 Å². The van der Waals surface area contributed by atoms with Crippen molar-refractivity contribution in [3.8, 4) is 0 Å². The Hall–Kier alpha value is -1.58. The molecule has 5 heteroatoms. The van der Waals surface area contributed by atoms with Crippen LogP contribution in [0.5, 0.6) is 0 Å². The lowest BCUT2D eigenvalue weighted by molar-refractivity contribution is 0.0951. The number of nitrogens with one attached hydrogen (secondary N) is 1. The van der Waals surface area contributed by atoms with Crippen LogP contribution in [0, 0.1) is 0 Å². The predicted octanol–water partition coefficient (Wildman–Crippen LogP) is 3.32. The molecule has 1 aromatic heterocycles. The Kier molecular flexibility index (Phi) is 4.18. The number of nitrogens with zero attached hydrogens (tertiary/aromatic N) is 1. The van der Waals surface area contributed by atoms with Gasteiger partial charge in [-0.2, -0.15) is 0 Å². The summed E-state index contributed by atoms with van der Waals surface area (Å²) in [7, 11) is 0. The molecular weight excluding hydrogens is 271 g/mol. The number of pyridine rings is 1. The van der Waals surface area contributed by atoms with Gasteiger partial charge in [0.05, 0.1) is 0 Å². The topological polar surface area (TPSA) is 42.0 Å². The number of hydrogen-bond acceptors (Lipinski definition) is 2. The molecule has 0 radical (unpaired) electrons. The molecule has 1 amide bonds. The molecule has 0 unspecified atom stereocenters. The molecule has 0 bridgehead atoms. The summed E-state index contributed by atoms with van der Waals surface area (Å²) < 4.78 is 0. The smallest absolute Gasteiger partial charge is 0.251 e. The van der Waals surface area contributed by atoms with E-state index in [1.54, 1.807) is 0 Å². The van der Waals surface area contributed by atoms with Crippen molar-refractivity contribution in [2.24, 2.45) is 0 Å². The van der Waals surface area contributed by atoms with Crippen LogP contribution in [-0.4, -0.2) is 10.9 Å². The Morgan fingerprint density at radius 3 is 2.33 bits per heavy atom. The molecule has 1 heterocycles. The van der Waals surface area contributed by atoms with Crippen molar-refractivity contribution < 1.29 is 4.79 Å². The summed E-state index contributed by atoms with van der Waals surface area (Å²) in [6, 6.07) is 12.6. The second-order valence-corrected chi connectivity index (χ2v) is 4.44. The van der Waals surface area contributed by atoms with Crippen molar-refractivity contribution in [3.63, 3.8) is 0 Å². The van der Waals surface area contributed by atoms with Gasteiger partial charge in [0.2, 0.25) is 0 Å². The van der Waals surface area contributed by atoms with E-state index in [0.29, 0.717) is 12.1 Å². The quantitative estimate of drug-likeness (QED) is 0.877. The van der Waals surface area contributed by atoms with E-state index < -0.39 is 0 Å². The largest absolute Gasteiger partial charge is 0.348 e. The van der Waals surface area contributed by atoms with E-state index in [4.69, 9.17) is 23.2 Å². The Labute approximate surface area is 115 Å². The molecule has 0 saturated heterocycles. The number of amides is 1. The molecule has 0 atom stereocenters. The van der Waals surface area contributed by atoms with Crippen LogP contribution in [0.4, 0.5) is 0 Å². The molecule has 1 aromatic carbocycles. The van der Waals surface area contributed by atoms with Crippen LogP contribution in [0.3, 0.4) is 0 Å². The van der Waals surface area contributed by atoms with Crippen LogP contribution in [0.25, 0.3) is 0 Å². The number of hydrogen-bond donors (Lipinski definition) is 1. The van der Waals surface area contributed by atoms with Crippen LogP contribution in [0.15, 0.2) is 42.5 Å². The van der Waals surface area contributed by atoms with E-state index in [1.165, 1.54) is 12.1 Å². The molecule has 3 nitrogen and oxygen atoms in total. The molecule has 18 heavy (non-hydrogen) atoms. The fraction of sp³-hybridized carbons (Fsp3) is 0.0769. The first-order valence-electron chi connectivity index (χ1n) is 5.30. The first kappa shape index (κ1) is 12.9. The average molecular weight is 281 g/mol. The molecule has 0 saturated carbocycles. The summed E-state index contributed by atoms with van der Waals surface area (Å²) >= 11 is 11.5. The maximum atomic E-state index is 11.9. The van der Waals surface area contributed by atoms with Crippen molar-refractivity contribution in [2.45, 2.75) is 6.54 Å². The number of carbonyl (C=O) groups excluding carboxylic acids is 1. The van der Waals surface area contributed by atoms with E-state index in [2.05, 4.69) is 10.3 Å². The molecule has 1 N–H and O–H groups in total. The summed E-state index contributed by atoms with van der Waals surface area (Å²) in [5.41, 5.74) is 1.42. The number of halogens is 2. The van der Waals surface area contributed by atoms with Gasteiger partial charge in [0.15, 0.2) is 0 Å². The number of rotatable bonds is 3. The monoisotopic (exact) mass is 280 g/mol. The van der Waals surface area contributed by atoms with Gasteiger partial charge in [-0.25, -0.2) is 4.98 Å². The number of aromatic nitrogens is 1. The van der Waals surface area contributed by atoms with Gasteiger partial charge in [0.25, 0.3) is 5.91 Å². The lowest BCUT2D eigenvalue weighted by atomic mass is 10.2. The van der Waals surface area contributed by atoms with Crippen molar-refractivity contribution >= 4 is 29.1 Å². The minimum Gasteiger partial charge on any atom is -0.348 e. The van der Waals surface area contributed by atoms with E-state index >= 15 is 0 Å². The van der Waals surface area contributed by atoms with Crippen LogP contribution < -0.4 is 5.32 Å². The summed E-state index contributed by atoms with van der Waals surface area (Å²) in [4.78, 5) is 15.7. The van der Waals surface area contributed by atoms with Gasteiger partial charge in [-0.1, -0.05) is 53.5 Å². The third-order valence-electron chi connectivity index (χ3n) is 2.32. The normalized spacial score (nSPS) is 10.1. The number of benzene rings is 1. The van der Waals surface area contributed by atoms with Gasteiger partial charge in [0.1, 0.15) is 10.3 Å². The molecule has 92 valence electrons. The van der Waals surface area contributed by atoms with E-state index in [1.807, 2.05) is 30.3 Å². The van der Waals surface area contributed by atoms with Crippen molar-refractivity contribution in [1.82, 2.24) is 10.3 Å². The van der Waals surface area contributed by atoms with Crippen molar-refractivity contribution in [3.05, 3.63) is 63.9 Å². The Balaban J connectivity index is 2.04. The highest BCUT2D eigenvalue weighted by atomic mass is 35.5. The first-order chi connectivity index (χ1) is 8.65. The lowest BCUT2D eigenvalue weighted by Gasteiger charge is -2.05. The Morgan fingerprint density at radius 1 is 1.11 bits per heavy atom. The zero-order valence-corrected chi connectivity index (χ0v) is 10.9. The summed E-state index contributed by atoms with van der Waals surface area (Å²) in [5, 5.41) is 3.19. The molecule has 0 aliphatic heterocycles. The van der Waals surface area contributed by atoms with E-state index in [0.717, 1.165) is 5.56 Å². The van der Waals surface area contributed by atoms with Crippen LogP contribution in [0.2, 0.25) is 10.3 Å². The highest BCUT2D eigenvalue weighted by Gasteiger charge is 2.08. The van der Waals surface area contributed by atoms with Crippen LogP contribution in [0.1, 0.15) is 15.9 Å². The highest BCUT2D eigenvalue weighted by Crippen LogP contribution is 2.14. The van der Waals surface area contributed by atoms with Crippen LogP contribution >= 0.6 is 23.2 Å². The fourth-order valence-corrected chi connectivity index (χ4v) is 1.94. The second kappa shape index (κ2) is 5.85. The highest BCUT2D eigenvalue weighted by molar-refractivity contribution is 6.33. The lowest BCUT2D eigenvalue weighted by Crippen LogP contribution is -2.22. The Bertz CT molecular complexity index is 538. The first-order valence-corrected chi connectivity index (χ1v) is 6.06. The van der Waals surface area contributed by atoms with Gasteiger partial charge in [-0.15, -0.1) is 0 Å². The maximum absolute atomic E-state index is 11.9. The molecular formula is C13H10Cl2N2O. The van der Waals surface area contributed by atoms with Gasteiger partial charge in [-0.3, -0.25) is 4.79 Å². The molecule has 0 fully saturated rings. The fourth-order valence-electron chi connectivity index (χ4n) is 1.48. The van der Waals surface area contributed by atoms with Gasteiger partial charge in [0, 0.05) is 12.1 Å². The standard InChI is InChI=1S/C13H10Cl2N2O/c14-11-6-10(7-12(15)17-11)13(18)16-8-9-4-2-1-3-5-9/h1-7H,8H2,(H,16,18). The SMILES string of the molecule is O=C(NCc1ccccc1)c1cc(Cl)nc(Cl)c1.